The van der Waals surface area contributed by atoms with E-state index in [4.69, 9.17) is 0 Å². The molecule has 0 spiro atoms. The Morgan fingerprint density at radius 2 is 2.20 bits per heavy atom. The predicted octanol–water partition coefficient (Wildman–Crippen LogP) is 2.03. The van der Waals surface area contributed by atoms with Crippen molar-refractivity contribution in [3.05, 3.63) is 35.4 Å². The molecule has 1 unspecified atom stereocenters. The lowest BCUT2D eigenvalue weighted by atomic mass is 10.1. The Balaban J connectivity index is 1.92. The van der Waals surface area contributed by atoms with Crippen LogP contribution in [0.5, 0.6) is 0 Å². The number of carbonyl (C=O) groups excluding carboxylic acids is 1. The van der Waals surface area contributed by atoms with Crippen molar-refractivity contribution in [2.45, 2.75) is 6.42 Å². The molecule has 20 heavy (non-hydrogen) atoms. The van der Waals surface area contributed by atoms with Crippen LogP contribution in [0.25, 0.3) is 0 Å². The van der Waals surface area contributed by atoms with E-state index in [-0.39, 0.29) is 17.9 Å². The van der Waals surface area contributed by atoms with E-state index in [1.165, 1.54) is 0 Å². The fourth-order valence-corrected chi connectivity index (χ4v) is 2.72. The third-order valence-electron chi connectivity index (χ3n) is 3.70. The maximum Gasteiger partial charge on any atom is 0.179 e. The minimum Gasteiger partial charge on any atom is -0.306 e. The molecule has 110 valence electrons. The Bertz CT molecular complexity index is 493. The maximum absolute atomic E-state index is 13.5. The van der Waals surface area contributed by atoms with E-state index in [9.17, 15) is 13.6 Å². The van der Waals surface area contributed by atoms with Crippen LogP contribution in [-0.4, -0.2) is 55.9 Å². The van der Waals surface area contributed by atoms with E-state index in [0.717, 1.165) is 44.3 Å². The second kappa shape index (κ2) is 6.41. The summed E-state index contributed by atoms with van der Waals surface area (Å²) < 4.78 is 26.6. The zero-order valence-corrected chi connectivity index (χ0v) is 11.9. The number of halogens is 2. The number of hydrogen-bond acceptors (Lipinski definition) is 3. The lowest BCUT2D eigenvalue weighted by Crippen LogP contribution is -2.32. The van der Waals surface area contributed by atoms with Crippen molar-refractivity contribution in [1.29, 1.82) is 0 Å². The normalized spacial score (nSPS) is 19.8. The third kappa shape index (κ3) is 3.84. The molecule has 2 rings (SSSR count). The number of likely N-dealkylation sites (tertiary alicyclic amines) is 1. The Morgan fingerprint density at radius 3 is 2.85 bits per heavy atom. The van der Waals surface area contributed by atoms with Crippen molar-refractivity contribution < 1.29 is 13.6 Å². The molecule has 1 aliphatic heterocycles. The molecule has 1 fully saturated rings. The first-order chi connectivity index (χ1) is 9.45. The van der Waals surface area contributed by atoms with Crippen molar-refractivity contribution in [3.8, 4) is 0 Å². The first-order valence-corrected chi connectivity index (χ1v) is 6.81. The summed E-state index contributed by atoms with van der Waals surface area (Å²) in [5.74, 6) is -1.09. The molecule has 1 saturated heterocycles. The number of Topliss-reactive ketones (excluding diaryl/α,β-unsaturated/α-hetero) is 1. The van der Waals surface area contributed by atoms with Crippen LogP contribution < -0.4 is 0 Å². The summed E-state index contributed by atoms with van der Waals surface area (Å²) in [6.07, 6.45) is 1.11. The standard InChI is InChI=1S/C15H20F2N2O/c1-18-6-5-11(8-18)9-19(2)10-15(20)13-7-12(16)3-4-14(13)17/h3-4,7,11H,5-6,8-10H2,1-2H3. The molecule has 1 atom stereocenters. The van der Waals surface area contributed by atoms with Gasteiger partial charge in [-0.25, -0.2) is 8.78 Å². The number of carbonyl (C=O) groups is 1. The number of hydrogen-bond donors (Lipinski definition) is 0. The lowest BCUT2D eigenvalue weighted by Gasteiger charge is -2.20. The molecule has 0 aliphatic carbocycles. The number of likely N-dealkylation sites (N-methyl/N-ethyl adjacent to an activating group) is 1. The summed E-state index contributed by atoms with van der Waals surface area (Å²) in [4.78, 5) is 16.1. The molecule has 1 aromatic rings. The number of rotatable bonds is 5. The van der Waals surface area contributed by atoms with Gasteiger partial charge in [-0.1, -0.05) is 0 Å². The second-order valence-corrected chi connectivity index (χ2v) is 5.66. The molecule has 1 heterocycles. The SMILES string of the molecule is CN1CCC(CN(C)CC(=O)c2cc(F)ccc2F)C1. The van der Waals surface area contributed by atoms with Gasteiger partial charge in [0.05, 0.1) is 12.1 Å². The molecule has 0 N–H and O–H groups in total. The molecule has 0 radical (unpaired) electrons. The van der Waals surface area contributed by atoms with E-state index < -0.39 is 11.6 Å². The quantitative estimate of drug-likeness (QED) is 0.772. The molecule has 0 amide bonds. The van der Waals surface area contributed by atoms with Gasteiger partial charge in [-0.3, -0.25) is 9.69 Å². The van der Waals surface area contributed by atoms with E-state index >= 15 is 0 Å². The smallest absolute Gasteiger partial charge is 0.179 e. The summed E-state index contributed by atoms with van der Waals surface area (Å²) >= 11 is 0. The van der Waals surface area contributed by atoms with Crippen LogP contribution >= 0.6 is 0 Å². The van der Waals surface area contributed by atoms with E-state index in [2.05, 4.69) is 11.9 Å². The van der Waals surface area contributed by atoms with Crippen molar-refractivity contribution in [2.24, 2.45) is 5.92 Å². The van der Waals surface area contributed by atoms with Crippen LogP contribution in [0, 0.1) is 17.6 Å². The fourth-order valence-electron chi connectivity index (χ4n) is 2.72. The Labute approximate surface area is 118 Å². The van der Waals surface area contributed by atoms with Crippen molar-refractivity contribution >= 4 is 5.78 Å². The molecule has 3 nitrogen and oxygen atoms in total. The van der Waals surface area contributed by atoms with Gasteiger partial charge in [0.25, 0.3) is 0 Å². The third-order valence-corrected chi connectivity index (χ3v) is 3.70. The van der Waals surface area contributed by atoms with Crippen molar-refractivity contribution in [2.75, 3.05) is 40.3 Å². The first-order valence-electron chi connectivity index (χ1n) is 6.81. The molecular formula is C15H20F2N2O. The molecule has 0 saturated carbocycles. The predicted molar refractivity (Wildman–Crippen MR) is 73.8 cm³/mol. The summed E-state index contributed by atoms with van der Waals surface area (Å²) in [6.45, 7) is 3.01. The Kier molecular flexibility index (Phi) is 4.83. The van der Waals surface area contributed by atoms with Gasteiger partial charge in [-0.2, -0.15) is 0 Å². The Morgan fingerprint density at radius 1 is 1.45 bits per heavy atom. The van der Waals surface area contributed by atoms with E-state index in [1.54, 1.807) is 0 Å². The lowest BCUT2D eigenvalue weighted by molar-refractivity contribution is 0.0934. The number of nitrogens with zero attached hydrogens (tertiary/aromatic N) is 2. The van der Waals surface area contributed by atoms with Crippen LogP contribution in [-0.2, 0) is 0 Å². The van der Waals surface area contributed by atoms with Gasteiger partial charge < -0.3 is 4.90 Å². The second-order valence-electron chi connectivity index (χ2n) is 5.66. The number of benzene rings is 1. The minimum atomic E-state index is -0.662. The summed E-state index contributed by atoms with van der Waals surface area (Å²) in [7, 11) is 3.92. The van der Waals surface area contributed by atoms with Gasteiger partial charge in [-0.05, 0) is 51.2 Å². The highest BCUT2D eigenvalue weighted by molar-refractivity contribution is 5.97. The topological polar surface area (TPSA) is 23.6 Å². The van der Waals surface area contributed by atoms with Crippen LogP contribution in [0.3, 0.4) is 0 Å². The zero-order chi connectivity index (χ0) is 14.7. The van der Waals surface area contributed by atoms with Crippen LogP contribution in [0.4, 0.5) is 8.78 Å². The molecule has 5 heteroatoms. The average molecular weight is 282 g/mol. The largest absolute Gasteiger partial charge is 0.306 e. The zero-order valence-electron chi connectivity index (χ0n) is 11.9. The van der Waals surface area contributed by atoms with Gasteiger partial charge in [0.2, 0.25) is 0 Å². The fraction of sp³-hybridized carbons (Fsp3) is 0.533. The van der Waals surface area contributed by atoms with Gasteiger partial charge >= 0.3 is 0 Å². The molecule has 1 aliphatic rings. The molecule has 0 bridgehead atoms. The van der Waals surface area contributed by atoms with Crippen LogP contribution in [0.1, 0.15) is 16.8 Å². The molecule has 1 aromatic carbocycles. The maximum atomic E-state index is 13.5. The monoisotopic (exact) mass is 282 g/mol. The molecular weight excluding hydrogens is 262 g/mol. The highest BCUT2D eigenvalue weighted by Gasteiger charge is 2.22. The highest BCUT2D eigenvalue weighted by Crippen LogP contribution is 2.16. The van der Waals surface area contributed by atoms with Gasteiger partial charge in [0.1, 0.15) is 11.6 Å². The number of ketones is 1. The summed E-state index contributed by atoms with van der Waals surface area (Å²) in [5, 5.41) is 0. The van der Waals surface area contributed by atoms with Crippen LogP contribution in [0.2, 0.25) is 0 Å². The average Bonchev–Trinajstić information content (AvgIpc) is 2.77. The van der Waals surface area contributed by atoms with Crippen molar-refractivity contribution in [3.63, 3.8) is 0 Å². The summed E-state index contributed by atoms with van der Waals surface area (Å²) in [5.41, 5.74) is -0.166. The van der Waals surface area contributed by atoms with E-state index in [1.807, 2.05) is 11.9 Å². The summed E-state index contributed by atoms with van der Waals surface area (Å²) in [6, 6.07) is 2.98. The molecule has 0 aromatic heterocycles. The van der Waals surface area contributed by atoms with Gasteiger partial charge in [0.15, 0.2) is 5.78 Å². The highest BCUT2D eigenvalue weighted by atomic mass is 19.1. The minimum absolute atomic E-state index is 0.112. The van der Waals surface area contributed by atoms with Gasteiger partial charge in [-0.15, -0.1) is 0 Å². The van der Waals surface area contributed by atoms with Crippen LogP contribution in [0.15, 0.2) is 18.2 Å². The van der Waals surface area contributed by atoms with Crippen molar-refractivity contribution in [1.82, 2.24) is 9.80 Å². The van der Waals surface area contributed by atoms with E-state index in [0.29, 0.717) is 5.92 Å². The Hall–Kier alpha value is -1.33. The first kappa shape index (κ1) is 15.1. The van der Waals surface area contributed by atoms with Gasteiger partial charge in [0, 0.05) is 13.1 Å².